The van der Waals surface area contributed by atoms with Crippen LogP contribution in [0.1, 0.15) is 48.1 Å². The standard InChI is InChI=1S/C37H42ClN3O4S/c1-6-29(5)39-37(43)35(22-30-10-8-7-9-11-30)40(24-31-17-12-26(2)13-18-31)36(42)25-41(34-23-32(38)19-16-28(34)4)46(44,45)33-20-14-27(3)15-21-33/h7-21,23,29,35H,6,22,24-25H2,1-5H3,(H,39,43)/t29-,35-/m0/s1. The van der Waals surface area contributed by atoms with E-state index in [2.05, 4.69) is 5.32 Å². The summed E-state index contributed by atoms with van der Waals surface area (Å²) in [5.74, 6) is -0.818. The summed E-state index contributed by atoms with van der Waals surface area (Å²) >= 11 is 6.37. The number of amides is 2. The smallest absolute Gasteiger partial charge is 0.264 e. The van der Waals surface area contributed by atoms with Crippen LogP contribution in [0.4, 0.5) is 5.69 Å². The monoisotopic (exact) mass is 659 g/mol. The van der Waals surface area contributed by atoms with E-state index in [9.17, 15) is 18.0 Å². The van der Waals surface area contributed by atoms with Crippen molar-refractivity contribution in [3.05, 3.63) is 130 Å². The van der Waals surface area contributed by atoms with Crippen LogP contribution in [0.5, 0.6) is 0 Å². The lowest BCUT2D eigenvalue weighted by molar-refractivity contribution is -0.140. The van der Waals surface area contributed by atoms with Crippen molar-refractivity contribution in [1.82, 2.24) is 10.2 Å². The molecule has 4 rings (SSSR count). The quantitative estimate of drug-likeness (QED) is 0.167. The van der Waals surface area contributed by atoms with Crippen molar-refractivity contribution in [1.29, 1.82) is 0 Å². The van der Waals surface area contributed by atoms with E-state index in [1.807, 2.05) is 82.3 Å². The van der Waals surface area contributed by atoms with Crippen LogP contribution in [0.2, 0.25) is 5.02 Å². The van der Waals surface area contributed by atoms with Crippen LogP contribution in [0.15, 0.2) is 102 Å². The minimum atomic E-state index is -4.22. The van der Waals surface area contributed by atoms with Crippen LogP contribution in [0, 0.1) is 20.8 Å². The second kappa shape index (κ2) is 15.4. The minimum absolute atomic E-state index is 0.0470. The molecule has 0 aromatic heterocycles. The Kier molecular flexibility index (Phi) is 11.7. The predicted molar refractivity (Wildman–Crippen MR) is 185 cm³/mol. The molecule has 0 spiro atoms. The van der Waals surface area contributed by atoms with Crippen LogP contribution in [-0.2, 0) is 32.6 Å². The molecule has 4 aromatic carbocycles. The molecule has 0 unspecified atom stereocenters. The highest BCUT2D eigenvalue weighted by molar-refractivity contribution is 7.92. The van der Waals surface area contributed by atoms with E-state index >= 15 is 0 Å². The molecule has 2 atom stereocenters. The molecule has 0 radical (unpaired) electrons. The summed E-state index contributed by atoms with van der Waals surface area (Å²) in [6.45, 7) is 9.10. The third kappa shape index (κ3) is 8.77. The van der Waals surface area contributed by atoms with Crippen LogP contribution in [-0.4, -0.2) is 43.8 Å². The van der Waals surface area contributed by atoms with E-state index in [1.165, 1.54) is 17.0 Å². The molecule has 46 heavy (non-hydrogen) atoms. The summed E-state index contributed by atoms with van der Waals surface area (Å²) in [6, 6.07) is 27.7. The number of halogens is 1. The molecule has 242 valence electrons. The van der Waals surface area contributed by atoms with Crippen LogP contribution < -0.4 is 9.62 Å². The predicted octanol–water partition coefficient (Wildman–Crippen LogP) is 7.02. The largest absolute Gasteiger partial charge is 0.352 e. The van der Waals surface area contributed by atoms with E-state index in [0.717, 1.165) is 26.6 Å². The van der Waals surface area contributed by atoms with Gasteiger partial charge in [0.15, 0.2) is 0 Å². The van der Waals surface area contributed by atoms with Gasteiger partial charge in [0.25, 0.3) is 10.0 Å². The van der Waals surface area contributed by atoms with Gasteiger partial charge in [0, 0.05) is 24.0 Å². The summed E-state index contributed by atoms with van der Waals surface area (Å²) in [7, 11) is -4.22. The third-order valence-electron chi connectivity index (χ3n) is 8.07. The number of nitrogens with one attached hydrogen (secondary N) is 1. The molecule has 0 saturated heterocycles. The van der Waals surface area contributed by atoms with Gasteiger partial charge in [-0.15, -0.1) is 0 Å². The molecular weight excluding hydrogens is 618 g/mol. The van der Waals surface area contributed by atoms with Gasteiger partial charge in [0.1, 0.15) is 12.6 Å². The number of anilines is 1. The molecule has 9 heteroatoms. The Morgan fingerprint density at radius 1 is 0.826 bits per heavy atom. The maximum absolute atomic E-state index is 14.6. The maximum Gasteiger partial charge on any atom is 0.264 e. The molecule has 0 bridgehead atoms. The molecule has 1 N–H and O–H groups in total. The molecule has 2 amide bonds. The van der Waals surface area contributed by atoms with Crippen LogP contribution in [0.3, 0.4) is 0 Å². The Morgan fingerprint density at radius 3 is 2.04 bits per heavy atom. The first kappa shape index (κ1) is 34.7. The van der Waals surface area contributed by atoms with Gasteiger partial charge in [-0.1, -0.05) is 102 Å². The number of nitrogens with zero attached hydrogens (tertiary/aromatic N) is 2. The molecule has 4 aromatic rings. The van der Waals surface area contributed by atoms with Crippen molar-refractivity contribution < 1.29 is 18.0 Å². The second-order valence-corrected chi connectivity index (χ2v) is 14.1. The van der Waals surface area contributed by atoms with E-state index in [-0.39, 0.29) is 29.8 Å². The Bertz CT molecular complexity index is 1740. The van der Waals surface area contributed by atoms with Crippen molar-refractivity contribution >= 4 is 39.1 Å². The highest BCUT2D eigenvalue weighted by atomic mass is 35.5. The minimum Gasteiger partial charge on any atom is -0.352 e. The lowest BCUT2D eigenvalue weighted by atomic mass is 10.0. The second-order valence-electron chi connectivity index (χ2n) is 11.8. The molecule has 0 fully saturated rings. The number of aryl methyl sites for hydroxylation is 3. The lowest BCUT2D eigenvalue weighted by Crippen LogP contribution is -2.54. The van der Waals surface area contributed by atoms with Crippen molar-refractivity contribution in [2.45, 2.75) is 71.0 Å². The summed E-state index contributed by atoms with van der Waals surface area (Å²) < 4.78 is 29.7. The van der Waals surface area contributed by atoms with E-state index in [4.69, 9.17) is 11.6 Å². The van der Waals surface area contributed by atoms with Crippen molar-refractivity contribution in [2.75, 3.05) is 10.8 Å². The average Bonchev–Trinajstić information content (AvgIpc) is 3.04. The van der Waals surface area contributed by atoms with Gasteiger partial charge in [0.2, 0.25) is 11.8 Å². The maximum atomic E-state index is 14.6. The average molecular weight is 660 g/mol. The topological polar surface area (TPSA) is 86.8 Å². The Balaban J connectivity index is 1.83. The van der Waals surface area contributed by atoms with Crippen molar-refractivity contribution in [2.24, 2.45) is 0 Å². The number of sulfonamides is 1. The van der Waals surface area contributed by atoms with Gasteiger partial charge in [-0.05, 0) is 75.1 Å². The fourth-order valence-corrected chi connectivity index (χ4v) is 6.72. The highest BCUT2D eigenvalue weighted by Gasteiger charge is 2.35. The normalized spacial score (nSPS) is 12.7. The van der Waals surface area contributed by atoms with Gasteiger partial charge >= 0.3 is 0 Å². The van der Waals surface area contributed by atoms with E-state index in [1.54, 1.807) is 37.3 Å². The first-order valence-electron chi connectivity index (χ1n) is 15.4. The number of hydrogen-bond acceptors (Lipinski definition) is 4. The fraction of sp³-hybridized carbons (Fsp3) is 0.297. The summed E-state index contributed by atoms with van der Waals surface area (Å²) in [5.41, 5.74) is 4.59. The van der Waals surface area contributed by atoms with Crippen molar-refractivity contribution in [3.8, 4) is 0 Å². The van der Waals surface area contributed by atoms with Gasteiger partial charge in [0.05, 0.1) is 10.6 Å². The van der Waals surface area contributed by atoms with Crippen molar-refractivity contribution in [3.63, 3.8) is 0 Å². The molecule has 0 aliphatic carbocycles. The zero-order chi connectivity index (χ0) is 33.4. The number of carbonyl (C=O) groups excluding carboxylic acids is 2. The fourth-order valence-electron chi connectivity index (χ4n) is 5.09. The van der Waals surface area contributed by atoms with Gasteiger partial charge in [-0.2, -0.15) is 0 Å². The molecule has 0 heterocycles. The Morgan fingerprint density at radius 2 is 1.43 bits per heavy atom. The number of carbonyl (C=O) groups is 2. The molecular formula is C37H42ClN3O4S. The highest BCUT2D eigenvalue weighted by Crippen LogP contribution is 2.30. The zero-order valence-electron chi connectivity index (χ0n) is 27.0. The molecule has 0 aliphatic heterocycles. The van der Waals surface area contributed by atoms with Crippen LogP contribution >= 0.6 is 11.6 Å². The number of hydrogen-bond donors (Lipinski definition) is 1. The number of benzene rings is 4. The first-order chi connectivity index (χ1) is 21.9. The van der Waals surface area contributed by atoms with Gasteiger partial charge in [-0.3, -0.25) is 13.9 Å². The molecule has 7 nitrogen and oxygen atoms in total. The zero-order valence-corrected chi connectivity index (χ0v) is 28.6. The van der Waals surface area contributed by atoms with E-state index < -0.39 is 28.5 Å². The number of rotatable bonds is 13. The third-order valence-corrected chi connectivity index (χ3v) is 10.1. The molecule has 0 aliphatic rings. The van der Waals surface area contributed by atoms with Gasteiger partial charge in [-0.25, -0.2) is 8.42 Å². The Hall–Kier alpha value is -4.14. The summed E-state index contributed by atoms with van der Waals surface area (Å²) in [4.78, 5) is 30.1. The van der Waals surface area contributed by atoms with E-state index in [0.29, 0.717) is 22.7 Å². The summed E-state index contributed by atoms with van der Waals surface area (Å²) in [6.07, 6.45) is 0.966. The first-order valence-corrected chi connectivity index (χ1v) is 17.3. The SMILES string of the molecule is CC[C@H](C)NC(=O)[C@H](Cc1ccccc1)N(Cc1ccc(C)cc1)C(=O)CN(c1cc(Cl)ccc1C)S(=O)(=O)c1ccc(C)cc1. The lowest BCUT2D eigenvalue weighted by Gasteiger charge is -2.34. The molecule has 0 saturated carbocycles. The van der Waals surface area contributed by atoms with Crippen LogP contribution in [0.25, 0.3) is 0 Å². The van der Waals surface area contributed by atoms with Gasteiger partial charge < -0.3 is 10.2 Å². The Labute approximate surface area is 278 Å². The summed E-state index contributed by atoms with van der Waals surface area (Å²) in [5, 5.41) is 3.40.